The van der Waals surface area contributed by atoms with Gasteiger partial charge in [-0.05, 0) is 54.8 Å². The van der Waals surface area contributed by atoms with Gasteiger partial charge in [-0.2, -0.15) is 0 Å². The number of sulfonamides is 1. The summed E-state index contributed by atoms with van der Waals surface area (Å²) in [6.45, 7) is 2.17. The molecule has 1 atom stereocenters. The lowest BCUT2D eigenvalue weighted by Gasteiger charge is -2.34. The molecular formula is C28H25N3O4S2. The molecule has 9 heteroatoms. The number of hydrogen-bond acceptors (Lipinski definition) is 6. The number of anilines is 1. The second-order valence-corrected chi connectivity index (χ2v) is 12.0. The van der Waals surface area contributed by atoms with Crippen molar-refractivity contribution in [3.05, 3.63) is 95.1 Å². The molecule has 3 aromatic carbocycles. The first kappa shape index (κ1) is 23.8. The summed E-state index contributed by atoms with van der Waals surface area (Å²) in [4.78, 5) is 20.0. The molecule has 0 bridgehead atoms. The number of benzene rings is 3. The van der Waals surface area contributed by atoms with Crippen molar-refractivity contribution in [3.8, 4) is 5.75 Å². The molecule has 0 spiro atoms. The number of amidine groups is 1. The van der Waals surface area contributed by atoms with E-state index < -0.39 is 10.0 Å². The zero-order valence-corrected chi connectivity index (χ0v) is 22.1. The second-order valence-electron chi connectivity index (χ2n) is 9.15. The van der Waals surface area contributed by atoms with Crippen molar-refractivity contribution in [2.24, 2.45) is 4.99 Å². The van der Waals surface area contributed by atoms with Crippen molar-refractivity contribution in [1.82, 2.24) is 4.90 Å². The van der Waals surface area contributed by atoms with Crippen molar-refractivity contribution in [2.45, 2.75) is 24.3 Å². The van der Waals surface area contributed by atoms with Crippen LogP contribution in [0.5, 0.6) is 5.75 Å². The second kappa shape index (κ2) is 9.08. The Morgan fingerprint density at radius 1 is 1.00 bits per heavy atom. The standard InChI is InChI=1S/C28H25N3O4S2/c1-18-7-13-21(14-8-18)37(33,34)30-16-15-23-26(22-5-3-4-6-24(22)30)29-28-31(25(32)17-36-28)27(23)19-9-11-20(35-2)12-10-19/h3-14,27H,15-17H2,1-2H3. The fraction of sp³-hybridized carbons (Fsp3) is 0.214. The van der Waals surface area contributed by atoms with Gasteiger partial charge >= 0.3 is 0 Å². The van der Waals surface area contributed by atoms with Crippen LogP contribution in [0.2, 0.25) is 0 Å². The quantitative estimate of drug-likeness (QED) is 0.474. The lowest BCUT2D eigenvalue weighted by Crippen LogP contribution is -2.38. The van der Waals surface area contributed by atoms with Crippen LogP contribution in [0.25, 0.3) is 5.70 Å². The van der Waals surface area contributed by atoms with Gasteiger partial charge in [0, 0.05) is 12.1 Å². The van der Waals surface area contributed by atoms with E-state index in [1.807, 2.05) is 67.6 Å². The molecule has 0 aliphatic carbocycles. The molecule has 0 radical (unpaired) electrons. The summed E-state index contributed by atoms with van der Waals surface area (Å²) in [6, 6.07) is 21.7. The van der Waals surface area contributed by atoms with E-state index in [0.29, 0.717) is 23.0 Å². The number of aryl methyl sites for hydroxylation is 1. The highest BCUT2D eigenvalue weighted by atomic mass is 32.2. The zero-order chi connectivity index (χ0) is 25.7. The number of hydrogen-bond donors (Lipinski definition) is 0. The highest BCUT2D eigenvalue weighted by molar-refractivity contribution is 8.15. The number of aliphatic imine (C=N–C) groups is 1. The largest absolute Gasteiger partial charge is 0.497 e. The van der Waals surface area contributed by atoms with Crippen LogP contribution >= 0.6 is 11.8 Å². The first-order valence-corrected chi connectivity index (χ1v) is 14.4. The molecule has 1 unspecified atom stereocenters. The summed E-state index contributed by atoms with van der Waals surface area (Å²) >= 11 is 1.42. The number of ether oxygens (including phenoxy) is 1. The Balaban J connectivity index is 1.51. The number of amides is 1. The fourth-order valence-electron chi connectivity index (χ4n) is 5.11. The van der Waals surface area contributed by atoms with Gasteiger partial charge in [-0.25, -0.2) is 13.4 Å². The average molecular weight is 532 g/mol. The molecule has 1 saturated heterocycles. The van der Waals surface area contributed by atoms with E-state index in [4.69, 9.17) is 9.73 Å². The maximum absolute atomic E-state index is 13.9. The topological polar surface area (TPSA) is 79.3 Å². The van der Waals surface area contributed by atoms with Crippen LogP contribution in [0.4, 0.5) is 5.69 Å². The third kappa shape index (κ3) is 3.93. The Hall–Kier alpha value is -3.56. The molecule has 3 aromatic rings. The Labute approximate surface area is 220 Å². The van der Waals surface area contributed by atoms with E-state index in [1.165, 1.54) is 16.1 Å². The molecule has 3 aliphatic heterocycles. The molecule has 1 amide bonds. The summed E-state index contributed by atoms with van der Waals surface area (Å²) in [5.74, 6) is 1.06. The molecule has 188 valence electrons. The van der Waals surface area contributed by atoms with Gasteiger partial charge in [-0.15, -0.1) is 0 Å². The molecule has 7 nitrogen and oxygen atoms in total. The minimum atomic E-state index is -3.82. The van der Waals surface area contributed by atoms with E-state index in [-0.39, 0.29) is 23.4 Å². The van der Waals surface area contributed by atoms with Crippen molar-refractivity contribution in [1.29, 1.82) is 0 Å². The van der Waals surface area contributed by atoms with Gasteiger partial charge in [-0.1, -0.05) is 59.8 Å². The summed E-state index contributed by atoms with van der Waals surface area (Å²) in [5, 5.41) is 0.647. The molecule has 6 rings (SSSR count). The van der Waals surface area contributed by atoms with Crippen LogP contribution in [0.1, 0.15) is 29.2 Å². The Morgan fingerprint density at radius 3 is 2.46 bits per heavy atom. The molecule has 0 aromatic heterocycles. The lowest BCUT2D eigenvalue weighted by atomic mass is 9.90. The Bertz CT molecular complexity index is 1560. The molecule has 3 aliphatic rings. The number of carbonyl (C=O) groups excluding carboxylic acids is 1. The molecule has 0 N–H and O–H groups in total. The molecule has 3 heterocycles. The molecule has 0 saturated carbocycles. The van der Waals surface area contributed by atoms with Gasteiger partial charge in [0.05, 0.1) is 35.2 Å². The van der Waals surface area contributed by atoms with Crippen LogP contribution in [0, 0.1) is 6.92 Å². The van der Waals surface area contributed by atoms with E-state index >= 15 is 0 Å². The first-order valence-electron chi connectivity index (χ1n) is 12.0. The predicted molar refractivity (Wildman–Crippen MR) is 146 cm³/mol. The monoisotopic (exact) mass is 531 g/mol. The van der Waals surface area contributed by atoms with E-state index in [0.717, 1.165) is 33.7 Å². The van der Waals surface area contributed by atoms with Crippen LogP contribution < -0.4 is 9.04 Å². The number of para-hydroxylation sites is 1. The third-order valence-electron chi connectivity index (χ3n) is 6.95. The van der Waals surface area contributed by atoms with Gasteiger partial charge in [0.1, 0.15) is 5.75 Å². The van der Waals surface area contributed by atoms with E-state index in [2.05, 4.69) is 0 Å². The summed E-state index contributed by atoms with van der Waals surface area (Å²) in [7, 11) is -2.21. The number of nitrogens with zero attached hydrogens (tertiary/aromatic N) is 3. The number of rotatable bonds is 4. The number of carbonyl (C=O) groups is 1. The molecular weight excluding hydrogens is 506 g/mol. The van der Waals surface area contributed by atoms with Crippen molar-refractivity contribution in [2.75, 3.05) is 23.7 Å². The van der Waals surface area contributed by atoms with Crippen molar-refractivity contribution in [3.63, 3.8) is 0 Å². The summed E-state index contributed by atoms with van der Waals surface area (Å²) in [5.41, 5.74) is 4.94. The zero-order valence-electron chi connectivity index (χ0n) is 20.4. The maximum Gasteiger partial charge on any atom is 0.264 e. The minimum Gasteiger partial charge on any atom is -0.497 e. The summed E-state index contributed by atoms with van der Waals surface area (Å²) in [6.07, 6.45) is 0.428. The van der Waals surface area contributed by atoms with Crippen LogP contribution in [-0.2, 0) is 14.8 Å². The number of thioether (sulfide) groups is 1. The summed E-state index contributed by atoms with van der Waals surface area (Å²) < 4.78 is 34.6. The highest BCUT2D eigenvalue weighted by Gasteiger charge is 2.43. The maximum atomic E-state index is 13.9. The minimum absolute atomic E-state index is 0.00205. The lowest BCUT2D eigenvalue weighted by molar-refractivity contribution is -0.125. The number of fused-ring (bicyclic) bond motifs is 3. The van der Waals surface area contributed by atoms with Crippen molar-refractivity contribution < 1.29 is 17.9 Å². The Kier molecular flexibility index (Phi) is 5.84. The first-order chi connectivity index (χ1) is 17.9. The van der Waals surface area contributed by atoms with Crippen molar-refractivity contribution >= 4 is 44.2 Å². The fourth-order valence-corrected chi connectivity index (χ4v) is 7.49. The van der Waals surface area contributed by atoms with Crippen LogP contribution in [0.3, 0.4) is 0 Å². The van der Waals surface area contributed by atoms with Crippen LogP contribution in [-0.4, -0.2) is 43.8 Å². The van der Waals surface area contributed by atoms with Gasteiger partial charge < -0.3 is 4.74 Å². The average Bonchev–Trinajstić information content (AvgIpc) is 3.19. The third-order valence-corrected chi connectivity index (χ3v) is 9.72. The van der Waals surface area contributed by atoms with Gasteiger partial charge in [-0.3, -0.25) is 14.0 Å². The Morgan fingerprint density at radius 2 is 1.73 bits per heavy atom. The van der Waals surface area contributed by atoms with Crippen LogP contribution in [0.15, 0.2) is 88.3 Å². The normalized spacial score (nSPS) is 19.1. The molecule has 1 fully saturated rings. The molecule has 37 heavy (non-hydrogen) atoms. The van der Waals surface area contributed by atoms with Gasteiger partial charge in [0.2, 0.25) is 5.91 Å². The van der Waals surface area contributed by atoms with Gasteiger partial charge in [0.15, 0.2) is 5.17 Å². The van der Waals surface area contributed by atoms with Gasteiger partial charge in [0.25, 0.3) is 10.0 Å². The van der Waals surface area contributed by atoms with E-state index in [1.54, 1.807) is 24.1 Å². The smallest absolute Gasteiger partial charge is 0.264 e. The number of methoxy groups -OCH3 is 1. The van der Waals surface area contributed by atoms with E-state index in [9.17, 15) is 13.2 Å². The highest BCUT2D eigenvalue weighted by Crippen LogP contribution is 2.48. The SMILES string of the molecule is COc1ccc(C2C3=C(N=C4SCC(=O)N42)c2ccccc2N(S(=O)(=O)c2ccc(C)cc2)CC3)cc1. The predicted octanol–water partition coefficient (Wildman–Crippen LogP) is 5.00.